The number of hydrogen-bond acceptors (Lipinski definition) is 3. The SMILES string of the molecule is O=C(c1ccc(CCCCO)cc1)N1CCC(N2C(=O)CCc3ccccc32)CC1. The Bertz CT molecular complexity index is 886. The fraction of sp³-hybridized carbons (Fsp3) is 0.440. The highest BCUT2D eigenvalue weighted by atomic mass is 16.3. The fourth-order valence-corrected chi connectivity index (χ4v) is 4.62. The summed E-state index contributed by atoms with van der Waals surface area (Å²) in [5.74, 6) is 0.274. The lowest BCUT2D eigenvalue weighted by molar-refractivity contribution is -0.119. The van der Waals surface area contributed by atoms with Crippen molar-refractivity contribution in [2.45, 2.75) is 51.0 Å². The molecule has 0 saturated carbocycles. The van der Waals surface area contributed by atoms with Crippen LogP contribution in [0.15, 0.2) is 48.5 Å². The number of aryl methyl sites for hydroxylation is 2. The summed E-state index contributed by atoms with van der Waals surface area (Å²) in [7, 11) is 0. The van der Waals surface area contributed by atoms with E-state index in [0.717, 1.165) is 49.8 Å². The quantitative estimate of drug-likeness (QED) is 0.746. The van der Waals surface area contributed by atoms with E-state index < -0.39 is 0 Å². The van der Waals surface area contributed by atoms with Crippen molar-refractivity contribution in [3.05, 3.63) is 65.2 Å². The van der Waals surface area contributed by atoms with E-state index in [1.165, 1.54) is 11.1 Å². The van der Waals surface area contributed by atoms with Gasteiger partial charge in [-0.1, -0.05) is 30.3 Å². The number of likely N-dealkylation sites (tertiary alicyclic amines) is 1. The molecule has 2 aliphatic heterocycles. The second-order valence-corrected chi connectivity index (χ2v) is 8.29. The van der Waals surface area contributed by atoms with Gasteiger partial charge >= 0.3 is 0 Å². The maximum atomic E-state index is 12.9. The summed E-state index contributed by atoms with van der Waals surface area (Å²) in [5, 5.41) is 8.90. The number of carbonyl (C=O) groups is 2. The molecule has 0 aliphatic carbocycles. The number of aliphatic hydroxyl groups excluding tert-OH is 1. The number of carbonyl (C=O) groups excluding carboxylic acids is 2. The van der Waals surface area contributed by atoms with Gasteiger partial charge in [-0.3, -0.25) is 9.59 Å². The molecular weight excluding hydrogens is 376 g/mol. The van der Waals surface area contributed by atoms with Gasteiger partial charge in [-0.15, -0.1) is 0 Å². The molecule has 1 fully saturated rings. The second-order valence-electron chi connectivity index (χ2n) is 8.29. The normalized spacial score (nSPS) is 17.2. The number of benzene rings is 2. The summed E-state index contributed by atoms with van der Waals surface area (Å²) >= 11 is 0. The van der Waals surface area contributed by atoms with E-state index in [0.29, 0.717) is 19.5 Å². The van der Waals surface area contributed by atoms with Crippen LogP contribution >= 0.6 is 0 Å². The van der Waals surface area contributed by atoms with Gasteiger partial charge in [0.05, 0.1) is 0 Å². The number of amides is 2. The minimum absolute atomic E-state index is 0.0701. The van der Waals surface area contributed by atoms with Crippen LogP contribution in [0.4, 0.5) is 5.69 Å². The number of para-hydroxylation sites is 1. The number of anilines is 1. The number of rotatable bonds is 6. The van der Waals surface area contributed by atoms with E-state index in [4.69, 9.17) is 5.11 Å². The first-order valence-electron chi connectivity index (χ1n) is 11.1. The summed E-state index contributed by atoms with van der Waals surface area (Å²) in [4.78, 5) is 29.5. The third kappa shape index (κ3) is 4.41. The van der Waals surface area contributed by atoms with E-state index in [9.17, 15) is 9.59 Å². The Labute approximate surface area is 178 Å². The summed E-state index contributed by atoms with van der Waals surface area (Å²) in [5.41, 5.74) is 4.21. The molecule has 0 atom stereocenters. The monoisotopic (exact) mass is 406 g/mol. The van der Waals surface area contributed by atoms with E-state index in [2.05, 4.69) is 6.07 Å². The number of nitrogens with zero attached hydrogens (tertiary/aromatic N) is 2. The van der Waals surface area contributed by atoms with E-state index in [-0.39, 0.29) is 24.5 Å². The molecule has 2 amide bonds. The van der Waals surface area contributed by atoms with Crippen LogP contribution in [0.5, 0.6) is 0 Å². The molecule has 0 spiro atoms. The zero-order chi connectivity index (χ0) is 20.9. The molecule has 158 valence electrons. The van der Waals surface area contributed by atoms with Crippen molar-refractivity contribution in [1.82, 2.24) is 4.90 Å². The Morgan fingerprint density at radius 1 is 0.967 bits per heavy atom. The Kier molecular flexibility index (Phi) is 6.48. The fourth-order valence-electron chi connectivity index (χ4n) is 4.62. The van der Waals surface area contributed by atoms with E-state index in [1.807, 2.05) is 52.3 Å². The first-order chi connectivity index (χ1) is 14.7. The number of fused-ring (bicyclic) bond motifs is 1. The van der Waals surface area contributed by atoms with Gasteiger partial charge in [0.15, 0.2) is 0 Å². The van der Waals surface area contributed by atoms with E-state index in [1.54, 1.807) is 0 Å². The van der Waals surface area contributed by atoms with Crippen LogP contribution in [-0.2, 0) is 17.6 Å². The molecule has 2 aromatic rings. The Morgan fingerprint density at radius 2 is 1.70 bits per heavy atom. The van der Waals surface area contributed by atoms with Gasteiger partial charge in [0.1, 0.15) is 0 Å². The smallest absolute Gasteiger partial charge is 0.253 e. The Hall–Kier alpha value is -2.66. The first-order valence-corrected chi connectivity index (χ1v) is 11.1. The zero-order valence-electron chi connectivity index (χ0n) is 17.4. The van der Waals surface area contributed by atoms with Crippen LogP contribution < -0.4 is 4.90 Å². The summed E-state index contributed by atoms with van der Waals surface area (Å²) < 4.78 is 0. The van der Waals surface area contributed by atoms with Crippen molar-refractivity contribution in [3.8, 4) is 0 Å². The lowest BCUT2D eigenvalue weighted by Gasteiger charge is -2.41. The van der Waals surface area contributed by atoms with Crippen LogP contribution in [0, 0.1) is 0 Å². The standard InChI is InChI=1S/C25H30N2O3/c28-18-4-3-5-19-8-10-21(11-9-19)25(30)26-16-14-22(15-17-26)27-23-7-2-1-6-20(23)12-13-24(27)29/h1-2,6-11,22,28H,3-5,12-18H2. The van der Waals surface area contributed by atoms with Crippen molar-refractivity contribution in [2.24, 2.45) is 0 Å². The number of hydrogen-bond donors (Lipinski definition) is 1. The highest BCUT2D eigenvalue weighted by Crippen LogP contribution is 2.32. The average molecular weight is 407 g/mol. The maximum Gasteiger partial charge on any atom is 0.253 e. The summed E-state index contributed by atoms with van der Waals surface area (Å²) in [6, 6.07) is 16.2. The molecule has 5 nitrogen and oxygen atoms in total. The highest BCUT2D eigenvalue weighted by molar-refractivity contribution is 5.97. The van der Waals surface area contributed by atoms with Gasteiger partial charge in [-0.05, 0) is 67.9 Å². The molecule has 0 radical (unpaired) electrons. The third-order valence-corrected chi connectivity index (χ3v) is 6.32. The molecule has 0 bridgehead atoms. The van der Waals surface area contributed by atoms with Crippen molar-refractivity contribution < 1.29 is 14.7 Å². The molecule has 0 unspecified atom stereocenters. The molecular formula is C25H30N2O3. The summed E-state index contributed by atoms with van der Waals surface area (Å²) in [6.07, 6.45) is 5.69. The number of unbranched alkanes of at least 4 members (excludes halogenated alkanes) is 1. The van der Waals surface area contributed by atoms with Gasteiger partial charge in [-0.25, -0.2) is 0 Å². The summed E-state index contributed by atoms with van der Waals surface area (Å²) in [6.45, 7) is 1.57. The van der Waals surface area contributed by atoms with Crippen LogP contribution in [0.3, 0.4) is 0 Å². The van der Waals surface area contributed by atoms with E-state index >= 15 is 0 Å². The van der Waals surface area contributed by atoms with Crippen molar-refractivity contribution in [1.29, 1.82) is 0 Å². The van der Waals surface area contributed by atoms with Gasteiger partial charge in [0, 0.05) is 43.4 Å². The largest absolute Gasteiger partial charge is 0.396 e. The molecule has 5 heteroatoms. The maximum absolute atomic E-state index is 12.9. The molecule has 0 aromatic heterocycles. The number of piperidine rings is 1. The van der Waals surface area contributed by atoms with Gasteiger partial charge in [0.2, 0.25) is 5.91 Å². The minimum Gasteiger partial charge on any atom is -0.396 e. The third-order valence-electron chi connectivity index (χ3n) is 6.32. The number of aliphatic hydroxyl groups is 1. The van der Waals surface area contributed by atoms with Gasteiger partial charge < -0.3 is 14.9 Å². The predicted molar refractivity (Wildman–Crippen MR) is 118 cm³/mol. The first kappa shape index (κ1) is 20.6. The van der Waals surface area contributed by atoms with Crippen molar-refractivity contribution in [3.63, 3.8) is 0 Å². The van der Waals surface area contributed by atoms with Crippen LogP contribution in [0.25, 0.3) is 0 Å². The highest BCUT2D eigenvalue weighted by Gasteiger charge is 2.33. The Balaban J connectivity index is 1.36. The molecule has 2 heterocycles. The Morgan fingerprint density at radius 3 is 2.43 bits per heavy atom. The molecule has 1 N–H and O–H groups in total. The van der Waals surface area contributed by atoms with Gasteiger partial charge in [-0.2, -0.15) is 0 Å². The average Bonchev–Trinajstić information content (AvgIpc) is 2.79. The lowest BCUT2D eigenvalue weighted by atomic mass is 9.95. The van der Waals surface area contributed by atoms with Crippen LogP contribution in [-0.4, -0.2) is 47.6 Å². The topological polar surface area (TPSA) is 60.9 Å². The molecule has 30 heavy (non-hydrogen) atoms. The van der Waals surface area contributed by atoms with Crippen molar-refractivity contribution in [2.75, 3.05) is 24.6 Å². The molecule has 4 rings (SSSR count). The molecule has 1 saturated heterocycles. The molecule has 2 aliphatic rings. The zero-order valence-corrected chi connectivity index (χ0v) is 17.4. The second kappa shape index (κ2) is 9.43. The predicted octanol–water partition coefficient (Wildman–Crippen LogP) is 3.59. The molecule has 2 aromatic carbocycles. The minimum atomic E-state index is 0.0701. The van der Waals surface area contributed by atoms with Crippen LogP contribution in [0.1, 0.15) is 53.6 Å². The lowest BCUT2D eigenvalue weighted by Crippen LogP contribution is -2.50. The van der Waals surface area contributed by atoms with Gasteiger partial charge in [0.25, 0.3) is 5.91 Å². The van der Waals surface area contributed by atoms with Crippen molar-refractivity contribution >= 4 is 17.5 Å². The van der Waals surface area contributed by atoms with Crippen LogP contribution in [0.2, 0.25) is 0 Å².